The van der Waals surface area contributed by atoms with Crippen LogP contribution in [0.15, 0.2) is 12.1 Å². The second-order valence-electron chi connectivity index (χ2n) is 4.54. The van der Waals surface area contributed by atoms with Gasteiger partial charge in [-0.25, -0.2) is 0 Å². The van der Waals surface area contributed by atoms with E-state index >= 15 is 0 Å². The molecule has 4 N–H and O–H groups in total. The molecule has 6 nitrogen and oxygen atoms in total. The normalized spacial score (nSPS) is 11.8. The van der Waals surface area contributed by atoms with E-state index in [0.717, 1.165) is 0 Å². The van der Waals surface area contributed by atoms with E-state index in [1.54, 1.807) is 19.1 Å². The lowest BCUT2D eigenvalue weighted by Crippen LogP contribution is -2.26. The Bertz CT molecular complexity index is 461. The molecule has 0 aliphatic carbocycles. The van der Waals surface area contributed by atoms with E-state index in [9.17, 15) is 4.79 Å². The molecule has 1 unspecified atom stereocenters. The van der Waals surface area contributed by atoms with E-state index in [2.05, 4.69) is 5.32 Å². The van der Waals surface area contributed by atoms with Crippen LogP contribution in [0.5, 0.6) is 11.5 Å². The lowest BCUT2D eigenvalue weighted by molar-refractivity contribution is 0.0950. The average molecular weight is 282 g/mol. The van der Waals surface area contributed by atoms with E-state index in [1.807, 2.05) is 0 Å². The minimum Gasteiger partial charge on any atom is -0.493 e. The van der Waals surface area contributed by atoms with Gasteiger partial charge in [0, 0.05) is 18.3 Å². The molecule has 0 aliphatic rings. The topological polar surface area (TPSA) is 93.8 Å². The number of hydrogen-bond donors (Lipinski definition) is 3. The molecule has 112 valence electrons. The Morgan fingerprint density at radius 3 is 2.50 bits per heavy atom. The van der Waals surface area contributed by atoms with E-state index in [0.29, 0.717) is 42.1 Å². The molecule has 0 aliphatic heterocycles. The molecule has 0 saturated carbocycles. The zero-order valence-electron chi connectivity index (χ0n) is 12.1. The molecule has 1 aromatic carbocycles. The Balaban J connectivity index is 2.72. The fraction of sp³-hybridized carbons (Fsp3) is 0.500. The van der Waals surface area contributed by atoms with Gasteiger partial charge >= 0.3 is 0 Å². The number of carbonyl (C=O) groups excluding carboxylic acids is 1. The highest BCUT2D eigenvalue weighted by Crippen LogP contribution is 2.31. The van der Waals surface area contributed by atoms with Gasteiger partial charge in [0.25, 0.3) is 5.91 Å². The first kappa shape index (κ1) is 16.1. The van der Waals surface area contributed by atoms with Crippen molar-refractivity contribution in [1.82, 2.24) is 5.32 Å². The number of aliphatic hydroxyl groups is 1. The highest BCUT2D eigenvalue weighted by atomic mass is 16.5. The van der Waals surface area contributed by atoms with Crippen LogP contribution in [0, 0.1) is 0 Å². The SMILES string of the molecule is COc1cc(N)c(C(=O)NCCCC(C)O)cc1OC. The van der Waals surface area contributed by atoms with Gasteiger partial charge in [-0.2, -0.15) is 0 Å². The fourth-order valence-corrected chi connectivity index (χ4v) is 1.79. The van der Waals surface area contributed by atoms with Crippen molar-refractivity contribution in [1.29, 1.82) is 0 Å². The fourth-order valence-electron chi connectivity index (χ4n) is 1.79. The number of benzene rings is 1. The molecule has 0 fully saturated rings. The number of aliphatic hydroxyl groups excluding tert-OH is 1. The quantitative estimate of drug-likeness (QED) is 0.515. The van der Waals surface area contributed by atoms with Crippen molar-refractivity contribution in [3.63, 3.8) is 0 Å². The number of nitrogens with one attached hydrogen (secondary N) is 1. The number of ether oxygens (including phenoxy) is 2. The van der Waals surface area contributed by atoms with E-state index in [-0.39, 0.29) is 12.0 Å². The summed E-state index contributed by atoms with van der Waals surface area (Å²) in [5.74, 6) is 0.667. The van der Waals surface area contributed by atoms with Crippen molar-refractivity contribution in [2.24, 2.45) is 0 Å². The lowest BCUT2D eigenvalue weighted by Gasteiger charge is -2.12. The third-order valence-electron chi connectivity index (χ3n) is 2.88. The van der Waals surface area contributed by atoms with Crippen LogP contribution in [-0.4, -0.2) is 37.9 Å². The summed E-state index contributed by atoms with van der Waals surface area (Å²) in [5, 5.41) is 11.9. The first-order chi connectivity index (χ1) is 9.49. The van der Waals surface area contributed by atoms with Crippen LogP contribution in [0.1, 0.15) is 30.1 Å². The molecule has 0 heterocycles. The molecule has 1 rings (SSSR count). The maximum Gasteiger partial charge on any atom is 0.253 e. The van der Waals surface area contributed by atoms with Crippen molar-refractivity contribution in [3.8, 4) is 11.5 Å². The Morgan fingerprint density at radius 1 is 1.35 bits per heavy atom. The summed E-state index contributed by atoms with van der Waals surface area (Å²) in [4.78, 5) is 12.0. The molecule has 1 aromatic rings. The molecule has 0 radical (unpaired) electrons. The van der Waals surface area contributed by atoms with Crippen molar-refractivity contribution < 1.29 is 19.4 Å². The van der Waals surface area contributed by atoms with Crippen LogP contribution in [0.2, 0.25) is 0 Å². The Kier molecular flexibility index (Phi) is 6.11. The first-order valence-electron chi connectivity index (χ1n) is 6.47. The Labute approximate surface area is 118 Å². The minimum absolute atomic E-state index is 0.269. The number of nitrogens with two attached hydrogens (primary N) is 1. The van der Waals surface area contributed by atoms with Crippen LogP contribution < -0.4 is 20.5 Å². The standard InChI is InChI=1S/C14H22N2O4/c1-9(17)5-4-6-16-14(18)10-7-12(19-2)13(20-3)8-11(10)15/h7-9,17H,4-6,15H2,1-3H3,(H,16,18). The third-order valence-corrected chi connectivity index (χ3v) is 2.88. The second-order valence-corrected chi connectivity index (χ2v) is 4.54. The summed E-state index contributed by atoms with van der Waals surface area (Å²) in [5.41, 5.74) is 6.51. The zero-order valence-corrected chi connectivity index (χ0v) is 12.1. The number of amides is 1. The number of rotatable bonds is 7. The van der Waals surface area contributed by atoms with E-state index in [4.69, 9.17) is 20.3 Å². The van der Waals surface area contributed by atoms with Gasteiger partial charge < -0.3 is 25.6 Å². The van der Waals surface area contributed by atoms with Crippen LogP contribution in [0.3, 0.4) is 0 Å². The monoisotopic (exact) mass is 282 g/mol. The van der Waals surface area contributed by atoms with Gasteiger partial charge in [-0.3, -0.25) is 4.79 Å². The predicted molar refractivity (Wildman–Crippen MR) is 77.2 cm³/mol. The van der Waals surface area contributed by atoms with Crippen LogP contribution in [-0.2, 0) is 0 Å². The van der Waals surface area contributed by atoms with Gasteiger partial charge in [-0.1, -0.05) is 0 Å². The Morgan fingerprint density at radius 2 is 1.95 bits per heavy atom. The van der Waals surface area contributed by atoms with Gasteiger partial charge in [0.1, 0.15) is 0 Å². The molecular weight excluding hydrogens is 260 g/mol. The largest absolute Gasteiger partial charge is 0.493 e. The van der Waals surface area contributed by atoms with Crippen LogP contribution in [0.25, 0.3) is 0 Å². The summed E-state index contributed by atoms with van der Waals surface area (Å²) in [6.45, 7) is 2.20. The van der Waals surface area contributed by atoms with Crippen molar-refractivity contribution >= 4 is 11.6 Å². The summed E-state index contributed by atoms with van der Waals surface area (Å²) in [6, 6.07) is 3.11. The average Bonchev–Trinajstić information content (AvgIpc) is 2.42. The number of anilines is 1. The van der Waals surface area contributed by atoms with Crippen molar-refractivity contribution in [2.45, 2.75) is 25.9 Å². The van der Waals surface area contributed by atoms with Gasteiger partial charge in [-0.15, -0.1) is 0 Å². The molecule has 20 heavy (non-hydrogen) atoms. The van der Waals surface area contributed by atoms with Gasteiger partial charge in [0.15, 0.2) is 11.5 Å². The lowest BCUT2D eigenvalue weighted by atomic mass is 10.1. The van der Waals surface area contributed by atoms with Crippen molar-refractivity contribution in [3.05, 3.63) is 17.7 Å². The maximum atomic E-state index is 12.0. The summed E-state index contributed by atoms with van der Waals surface area (Å²) < 4.78 is 10.3. The molecule has 0 bridgehead atoms. The highest BCUT2D eigenvalue weighted by molar-refractivity contribution is 6.00. The second kappa shape index (κ2) is 7.59. The van der Waals surface area contributed by atoms with E-state index < -0.39 is 0 Å². The number of carbonyl (C=O) groups is 1. The Hall–Kier alpha value is -1.95. The first-order valence-corrected chi connectivity index (χ1v) is 6.47. The molecule has 1 atom stereocenters. The highest BCUT2D eigenvalue weighted by Gasteiger charge is 2.14. The number of nitrogen functional groups attached to an aromatic ring is 1. The predicted octanol–water partition coefficient (Wildman–Crippen LogP) is 1.18. The van der Waals surface area contributed by atoms with Crippen LogP contribution >= 0.6 is 0 Å². The zero-order chi connectivity index (χ0) is 15.1. The summed E-state index contributed by atoms with van der Waals surface area (Å²) >= 11 is 0. The van der Waals surface area contributed by atoms with Gasteiger partial charge in [0.05, 0.1) is 25.9 Å². The molecule has 0 saturated heterocycles. The molecule has 6 heteroatoms. The minimum atomic E-state index is -0.363. The number of hydrogen-bond acceptors (Lipinski definition) is 5. The van der Waals surface area contributed by atoms with E-state index in [1.165, 1.54) is 14.2 Å². The molecular formula is C14H22N2O4. The molecule has 0 spiro atoms. The van der Waals surface area contributed by atoms with Crippen LogP contribution in [0.4, 0.5) is 5.69 Å². The summed E-state index contributed by atoms with van der Waals surface area (Å²) in [6.07, 6.45) is 0.983. The van der Waals surface area contributed by atoms with Gasteiger partial charge in [0.2, 0.25) is 0 Å². The smallest absolute Gasteiger partial charge is 0.253 e. The van der Waals surface area contributed by atoms with Crippen molar-refractivity contribution in [2.75, 3.05) is 26.5 Å². The summed E-state index contributed by atoms with van der Waals surface area (Å²) in [7, 11) is 3.01. The van der Waals surface area contributed by atoms with Gasteiger partial charge in [-0.05, 0) is 25.8 Å². The maximum absolute atomic E-state index is 12.0. The molecule has 1 amide bonds. The molecule has 0 aromatic heterocycles. The number of methoxy groups -OCH3 is 2. The third kappa shape index (κ3) is 4.31.